The van der Waals surface area contributed by atoms with E-state index in [1.165, 1.54) is 28.6 Å². The number of likely N-dealkylation sites (tertiary alicyclic amines) is 1. The molecular formula is C23H26Cl3N3O5S2. The summed E-state index contributed by atoms with van der Waals surface area (Å²) in [7, 11) is -6.98. The monoisotopic (exact) mass is 593 g/mol. The summed E-state index contributed by atoms with van der Waals surface area (Å²) >= 11 is 18.3. The third-order valence-corrected chi connectivity index (χ3v) is 10.8. The number of rotatable bonds is 5. The molecule has 0 spiro atoms. The molecular weight excluding hydrogens is 569 g/mol. The van der Waals surface area contributed by atoms with E-state index < -0.39 is 19.9 Å². The lowest BCUT2D eigenvalue weighted by atomic mass is 9.90. The first-order valence-electron chi connectivity index (χ1n) is 11.3. The third-order valence-electron chi connectivity index (χ3n) is 6.67. The minimum Gasteiger partial charge on any atom is -0.324 e. The standard InChI is InChI=1S/C23H26Cl3N3O5S2/c1-35(31,32)29-10-8-27(9-11-29)23(30)28-13-17(15-36(33,34)19-5-3-18(24)4-6-19)20(14-28)16-2-7-21(25)22(26)12-16/h2-7,12,17,20H,8-11,13-15H2,1H3/t17?,20-/m1/s1. The van der Waals surface area contributed by atoms with Crippen molar-refractivity contribution in [2.75, 3.05) is 51.3 Å². The number of sulfone groups is 1. The first kappa shape index (κ1) is 27.5. The molecule has 4 rings (SSSR count). The molecule has 0 bridgehead atoms. The number of amides is 2. The number of piperazine rings is 1. The van der Waals surface area contributed by atoms with Crippen LogP contribution in [0.2, 0.25) is 15.1 Å². The Balaban J connectivity index is 1.56. The highest BCUT2D eigenvalue weighted by Gasteiger charge is 2.41. The number of sulfonamides is 1. The molecule has 2 aliphatic heterocycles. The molecule has 0 saturated carbocycles. The van der Waals surface area contributed by atoms with E-state index in [1.807, 2.05) is 0 Å². The Bertz CT molecular complexity index is 1350. The molecule has 1 unspecified atom stereocenters. The molecule has 2 atom stereocenters. The van der Waals surface area contributed by atoms with Crippen molar-refractivity contribution >= 4 is 60.7 Å². The maximum absolute atomic E-state index is 13.3. The summed E-state index contributed by atoms with van der Waals surface area (Å²) in [5.41, 5.74) is 0.804. The van der Waals surface area contributed by atoms with Gasteiger partial charge in [-0.3, -0.25) is 0 Å². The zero-order valence-electron chi connectivity index (χ0n) is 19.5. The topological polar surface area (TPSA) is 95.1 Å². The number of hydrogen-bond donors (Lipinski definition) is 0. The lowest BCUT2D eigenvalue weighted by molar-refractivity contribution is 0.141. The highest BCUT2D eigenvalue weighted by Crippen LogP contribution is 2.37. The van der Waals surface area contributed by atoms with Gasteiger partial charge in [0.25, 0.3) is 0 Å². The average Bonchev–Trinajstić information content (AvgIpc) is 3.23. The van der Waals surface area contributed by atoms with Crippen LogP contribution in [0.4, 0.5) is 4.79 Å². The lowest BCUT2D eigenvalue weighted by Gasteiger charge is -2.35. The van der Waals surface area contributed by atoms with E-state index >= 15 is 0 Å². The van der Waals surface area contributed by atoms with Crippen LogP contribution in [0.5, 0.6) is 0 Å². The quantitative estimate of drug-likeness (QED) is 0.524. The predicted molar refractivity (Wildman–Crippen MR) is 141 cm³/mol. The van der Waals surface area contributed by atoms with E-state index in [1.54, 1.807) is 28.0 Å². The molecule has 0 aromatic heterocycles. The van der Waals surface area contributed by atoms with E-state index in [4.69, 9.17) is 34.8 Å². The molecule has 2 aromatic carbocycles. The summed E-state index contributed by atoms with van der Waals surface area (Å²) in [5.74, 6) is -0.821. The van der Waals surface area contributed by atoms with Crippen LogP contribution in [0.15, 0.2) is 47.4 Å². The Hall–Kier alpha value is -1.56. The number of benzene rings is 2. The van der Waals surface area contributed by atoms with Gasteiger partial charge < -0.3 is 9.80 Å². The second-order valence-electron chi connectivity index (χ2n) is 9.11. The van der Waals surface area contributed by atoms with Crippen molar-refractivity contribution in [2.45, 2.75) is 10.8 Å². The molecule has 8 nitrogen and oxygen atoms in total. The van der Waals surface area contributed by atoms with Gasteiger partial charge in [-0.2, -0.15) is 4.31 Å². The normalized spacial score (nSPS) is 21.7. The summed E-state index contributed by atoms with van der Waals surface area (Å²) < 4.78 is 51.4. The van der Waals surface area contributed by atoms with Gasteiger partial charge >= 0.3 is 6.03 Å². The number of carbonyl (C=O) groups is 1. The van der Waals surface area contributed by atoms with Gasteiger partial charge in [0.15, 0.2) is 9.84 Å². The van der Waals surface area contributed by atoms with Crippen LogP contribution in [0.25, 0.3) is 0 Å². The fourth-order valence-electron chi connectivity index (χ4n) is 4.75. The average molecular weight is 595 g/mol. The first-order chi connectivity index (χ1) is 16.8. The molecule has 2 saturated heterocycles. The summed E-state index contributed by atoms with van der Waals surface area (Å²) in [5, 5.41) is 1.19. The third kappa shape index (κ3) is 6.11. The van der Waals surface area contributed by atoms with Crippen LogP contribution in [0, 0.1) is 5.92 Å². The summed E-state index contributed by atoms with van der Waals surface area (Å²) in [6, 6.07) is 11.0. The molecule has 36 heavy (non-hydrogen) atoms. The summed E-state index contributed by atoms with van der Waals surface area (Å²) in [6.45, 7) is 1.54. The van der Waals surface area contributed by atoms with E-state index in [2.05, 4.69) is 0 Å². The van der Waals surface area contributed by atoms with Crippen molar-refractivity contribution in [3.8, 4) is 0 Å². The molecule has 0 radical (unpaired) electrons. The van der Waals surface area contributed by atoms with Crippen molar-refractivity contribution in [1.29, 1.82) is 0 Å². The van der Waals surface area contributed by atoms with Gasteiger partial charge in [-0.05, 0) is 47.9 Å². The molecule has 2 amide bonds. The highest BCUT2D eigenvalue weighted by atomic mass is 35.5. The van der Waals surface area contributed by atoms with E-state index in [0.29, 0.717) is 21.6 Å². The smallest absolute Gasteiger partial charge is 0.320 e. The number of nitrogens with zero attached hydrogens (tertiary/aromatic N) is 3. The number of carbonyl (C=O) groups excluding carboxylic acids is 1. The Morgan fingerprint density at radius 2 is 1.50 bits per heavy atom. The Morgan fingerprint density at radius 3 is 2.08 bits per heavy atom. The molecule has 0 aliphatic carbocycles. The van der Waals surface area contributed by atoms with Crippen molar-refractivity contribution < 1.29 is 21.6 Å². The maximum Gasteiger partial charge on any atom is 0.320 e. The Labute approximate surface area is 226 Å². The second-order valence-corrected chi connectivity index (χ2v) is 14.4. The van der Waals surface area contributed by atoms with Gasteiger partial charge in [0.1, 0.15) is 0 Å². The molecule has 13 heteroatoms. The minimum absolute atomic E-state index is 0.162. The van der Waals surface area contributed by atoms with E-state index in [9.17, 15) is 21.6 Å². The van der Waals surface area contributed by atoms with Crippen molar-refractivity contribution in [1.82, 2.24) is 14.1 Å². The van der Waals surface area contributed by atoms with Crippen molar-refractivity contribution in [3.05, 3.63) is 63.1 Å². The van der Waals surface area contributed by atoms with E-state index in [0.717, 1.165) is 11.8 Å². The summed E-state index contributed by atoms with van der Waals surface area (Å²) in [6.07, 6.45) is 1.15. The van der Waals surface area contributed by atoms with Crippen molar-refractivity contribution in [2.24, 2.45) is 5.92 Å². The maximum atomic E-state index is 13.3. The molecule has 2 heterocycles. The molecule has 2 fully saturated rings. The minimum atomic E-state index is -3.66. The Morgan fingerprint density at radius 1 is 0.861 bits per heavy atom. The number of hydrogen-bond acceptors (Lipinski definition) is 5. The largest absolute Gasteiger partial charge is 0.324 e. The zero-order valence-corrected chi connectivity index (χ0v) is 23.4. The van der Waals surface area contributed by atoms with E-state index in [-0.39, 0.29) is 61.2 Å². The van der Waals surface area contributed by atoms with Gasteiger partial charge in [-0.15, -0.1) is 0 Å². The molecule has 0 N–H and O–H groups in total. The fraction of sp³-hybridized carbons (Fsp3) is 0.435. The molecule has 196 valence electrons. The molecule has 2 aliphatic rings. The van der Waals surface area contributed by atoms with Crippen LogP contribution < -0.4 is 0 Å². The SMILES string of the molecule is CS(=O)(=O)N1CCN(C(=O)N2CC(CS(=O)(=O)c3ccc(Cl)cc3)[C@@H](c3ccc(Cl)c(Cl)c3)C2)CC1. The number of urea groups is 1. The van der Waals surface area contributed by atoms with Crippen LogP contribution in [0.3, 0.4) is 0 Å². The predicted octanol–water partition coefficient (Wildman–Crippen LogP) is 3.83. The highest BCUT2D eigenvalue weighted by molar-refractivity contribution is 7.91. The van der Waals surface area contributed by atoms with Gasteiger partial charge in [-0.25, -0.2) is 21.6 Å². The first-order valence-corrected chi connectivity index (χ1v) is 15.9. The van der Waals surface area contributed by atoms with Crippen LogP contribution in [0.1, 0.15) is 11.5 Å². The van der Waals surface area contributed by atoms with Crippen LogP contribution in [-0.2, 0) is 19.9 Å². The van der Waals surface area contributed by atoms with Gasteiger partial charge in [0.05, 0.1) is 26.9 Å². The number of halogens is 3. The van der Waals surface area contributed by atoms with Gasteiger partial charge in [0, 0.05) is 50.2 Å². The fourth-order valence-corrected chi connectivity index (χ4v) is 7.65. The van der Waals surface area contributed by atoms with Crippen LogP contribution >= 0.6 is 34.8 Å². The lowest BCUT2D eigenvalue weighted by Crippen LogP contribution is -2.53. The molecule has 2 aromatic rings. The van der Waals surface area contributed by atoms with Crippen molar-refractivity contribution in [3.63, 3.8) is 0 Å². The van der Waals surface area contributed by atoms with Crippen LogP contribution in [-0.4, -0.2) is 88.2 Å². The summed E-state index contributed by atoms with van der Waals surface area (Å²) in [4.78, 5) is 16.8. The Kier molecular flexibility index (Phi) is 8.14. The zero-order chi connectivity index (χ0) is 26.3. The second kappa shape index (κ2) is 10.7. The van der Waals surface area contributed by atoms with Gasteiger partial charge in [0.2, 0.25) is 10.0 Å². The van der Waals surface area contributed by atoms with Gasteiger partial charge in [-0.1, -0.05) is 40.9 Å².